The molecule has 31 heavy (non-hydrogen) atoms. The Morgan fingerprint density at radius 1 is 1.10 bits per heavy atom. The van der Waals surface area contributed by atoms with Crippen molar-refractivity contribution in [3.8, 4) is 0 Å². The average Bonchev–Trinajstić information content (AvgIpc) is 2.67. The molecule has 0 unspecified atom stereocenters. The summed E-state index contributed by atoms with van der Waals surface area (Å²) in [6.07, 6.45) is -0.264. The lowest BCUT2D eigenvalue weighted by Crippen LogP contribution is -2.49. The number of piperazine rings is 1. The molecule has 9 heteroatoms. The van der Waals surface area contributed by atoms with Crippen LogP contribution in [0.15, 0.2) is 30.3 Å². The van der Waals surface area contributed by atoms with E-state index in [-0.39, 0.29) is 18.1 Å². The van der Waals surface area contributed by atoms with Crippen LogP contribution in [0, 0.1) is 11.9 Å². The second-order valence-corrected chi connectivity index (χ2v) is 8.69. The summed E-state index contributed by atoms with van der Waals surface area (Å²) in [5.74, 6) is -1.91. The Morgan fingerprint density at radius 3 is 2.23 bits per heavy atom. The minimum Gasteiger partial charge on any atom is -0.444 e. The van der Waals surface area contributed by atoms with Gasteiger partial charge in [0.2, 0.25) is 17.8 Å². The molecule has 2 aromatic rings. The SMILES string of the molecule is C[C@H](Nc1nc(F)cc(F)n1)c1ccc(CN2CCN(C(=O)OC(C)(C)C)CC2)cc1. The Balaban J connectivity index is 1.50. The Labute approximate surface area is 181 Å². The maximum atomic E-state index is 13.2. The van der Waals surface area contributed by atoms with Gasteiger partial charge >= 0.3 is 6.09 Å². The van der Waals surface area contributed by atoms with Gasteiger partial charge in [-0.05, 0) is 38.8 Å². The second-order valence-electron chi connectivity index (χ2n) is 8.69. The van der Waals surface area contributed by atoms with E-state index in [9.17, 15) is 13.6 Å². The van der Waals surface area contributed by atoms with Crippen molar-refractivity contribution in [2.45, 2.75) is 45.9 Å². The molecule has 168 valence electrons. The Bertz CT molecular complexity index is 874. The van der Waals surface area contributed by atoms with Crippen LogP contribution in [0.2, 0.25) is 0 Å². The lowest BCUT2D eigenvalue weighted by atomic mass is 10.1. The smallest absolute Gasteiger partial charge is 0.410 e. The van der Waals surface area contributed by atoms with E-state index in [1.807, 2.05) is 52.0 Å². The van der Waals surface area contributed by atoms with Crippen LogP contribution in [0.5, 0.6) is 0 Å². The quantitative estimate of drug-likeness (QED) is 0.720. The number of carbonyl (C=O) groups is 1. The molecule has 0 bridgehead atoms. The fraction of sp³-hybridized carbons (Fsp3) is 0.500. The molecule has 1 aliphatic heterocycles. The number of benzene rings is 1. The van der Waals surface area contributed by atoms with Crippen molar-refractivity contribution < 1.29 is 18.3 Å². The largest absolute Gasteiger partial charge is 0.444 e. The zero-order chi connectivity index (χ0) is 22.6. The number of hydrogen-bond acceptors (Lipinski definition) is 6. The summed E-state index contributed by atoms with van der Waals surface area (Å²) in [5.41, 5.74) is 1.61. The predicted molar refractivity (Wildman–Crippen MR) is 114 cm³/mol. The van der Waals surface area contributed by atoms with Crippen LogP contribution in [-0.2, 0) is 11.3 Å². The van der Waals surface area contributed by atoms with E-state index in [2.05, 4.69) is 20.2 Å². The van der Waals surface area contributed by atoms with Crippen molar-refractivity contribution in [3.05, 3.63) is 53.4 Å². The minimum absolute atomic E-state index is 0.0862. The number of anilines is 1. The fourth-order valence-electron chi connectivity index (χ4n) is 3.32. The van der Waals surface area contributed by atoms with E-state index in [4.69, 9.17) is 4.74 Å². The normalized spacial score (nSPS) is 16.1. The molecule has 1 amide bonds. The highest BCUT2D eigenvalue weighted by Gasteiger charge is 2.25. The molecular weight excluding hydrogens is 404 g/mol. The van der Waals surface area contributed by atoms with Crippen molar-refractivity contribution in [1.82, 2.24) is 19.8 Å². The molecule has 0 aliphatic carbocycles. The number of nitrogens with zero attached hydrogens (tertiary/aromatic N) is 4. The predicted octanol–water partition coefficient (Wildman–Crippen LogP) is 3.98. The zero-order valence-electron chi connectivity index (χ0n) is 18.4. The zero-order valence-corrected chi connectivity index (χ0v) is 18.4. The molecule has 1 fully saturated rings. The minimum atomic E-state index is -0.913. The van der Waals surface area contributed by atoms with Gasteiger partial charge in [-0.15, -0.1) is 0 Å². The molecule has 0 saturated carbocycles. The third-order valence-electron chi connectivity index (χ3n) is 4.92. The molecular formula is C22H29F2N5O2. The number of amides is 1. The molecule has 2 heterocycles. The highest BCUT2D eigenvalue weighted by atomic mass is 19.1. The highest BCUT2D eigenvalue weighted by molar-refractivity contribution is 5.68. The van der Waals surface area contributed by atoms with E-state index >= 15 is 0 Å². The van der Waals surface area contributed by atoms with E-state index < -0.39 is 17.5 Å². The van der Waals surface area contributed by atoms with E-state index in [1.165, 1.54) is 0 Å². The van der Waals surface area contributed by atoms with E-state index in [0.717, 1.165) is 30.8 Å². The third-order valence-corrected chi connectivity index (χ3v) is 4.92. The van der Waals surface area contributed by atoms with Crippen LogP contribution in [0.4, 0.5) is 19.5 Å². The molecule has 0 spiro atoms. The van der Waals surface area contributed by atoms with Crippen LogP contribution in [0.1, 0.15) is 44.9 Å². The first kappa shape index (κ1) is 22.9. The maximum Gasteiger partial charge on any atom is 0.410 e. The molecule has 1 saturated heterocycles. The van der Waals surface area contributed by atoms with Gasteiger partial charge < -0.3 is 15.0 Å². The number of carbonyl (C=O) groups excluding carboxylic acids is 1. The topological polar surface area (TPSA) is 70.6 Å². The summed E-state index contributed by atoms with van der Waals surface area (Å²) in [6.45, 7) is 11.1. The lowest BCUT2D eigenvalue weighted by Gasteiger charge is -2.35. The molecule has 3 rings (SSSR count). The monoisotopic (exact) mass is 433 g/mol. The number of rotatable bonds is 5. The standard InChI is InChI=1S/C22H29F2N5O2/c1-15(25-20-26-18(23)13-19(24)27-20)17-7-5-16(6-8-17)14-28-9-11-29(12-10-28)21(30)31-22(2,3)4/h5-8,13,15H,9-12,14H2,1-4H3,(H,25,26,27)/t15-/m0/s1. The van der Waals surface area contributed by atoms with Gasteiger partial charge in [0, 0.05) is 38.8 Å². The van der Waals surface area contributed by atoms with Crippen molar-refractivity contribution in [3.63, 3.8) is 0 Å². The molecule has 1 N–H and O–H groups in total. The first-order valence-electron chi connectivity index (χ1n) is 10.3. The molecule has 7 nitrogen and oxygen atoms in total. The first-order valence-corrected chi connectivity index (χ1v) is 10.3. The van der Waals surface area contributed by atoms with Crippen molar-refractivity contribution >= 4 is 12.0 Å². The lowest BCUT2D eigenvalue weighted by molar-refractivity contribution is 0.0139. The van der Waals surface area contributed by atoms with Crippen molar-refractivity contribution in [2.75, 3.05) is 31.5 Å². The second kappa shape index (κ2) is 9.55. The highest BCUT2D eigenvalue weighted by Crippen LogP contribution is 2.19. The number of nitrogens with one attached hydrogen (secondary N) is 1. The van der Waals surface area contributed by atoms with Gasteiger partial charge in [-0.25, -0.2) is 4.79 Å². The summed E-state index contributed by atoms with van der Waals surface area (Å²) < 4.78 is 31.9. The van der Waals surface area contributed by atoms with Crippen molar-refractivity contribution in [2.24, 2.45) is 0 Å². The van der Waals surface area contributed by atoms with Gasteiger partial charge in [0.15, 0.2) is 0 Å². The number of aromatic nitrogens is 2. The van der Waals surface area contributed by atoms with Gasteiger partial charge in [-0.2, -0.15) is 18.7 Å². The average molecular weight is 434 g/mol. The first-order chi connectivity index (χ1) is 14.6. The molecule has 0 radical (unpaired) electrons. The van der Waals surface area contributed by atoms with Gasteiger partial charge in [0.25, 0.3) is 0 Å². The van der Waals surface area contributed by atoms with E-state index in [0.29, 0.717) is 19.2 Å². The summed E-state index contributed by atoms with van der Waals surface area (Å²) >= 11 is 0. The van der Waals surface area contributed by atoms with Gasteiger partial charge in [0.05, 0.1) is 6.04 Å². The summed E-state index contributed by atoms with van der Waals surface area (Å²) in [7, 11) is 0. The number of halogens is 2. The number of ether oxygens (including phenoxy) is 1. The van der Waals surface area contributed by atoms with E-state index in [1.54, 1.807) is 4.90 Å². The van der Waals surface area contributed by atoms with Gasteiger partial charge in [0.1, 0.15) is 5.60 Å². The third kappa shape index (κ3) is 6.85. The summed E-state index contributed by atoms with van der Waals surface area (Å²) in [6, 6.07) is 8.42. The van der Waals surface area contributed by atoms with Crippen LogP contribution in [0.3, 0.4) is 0 Å². The molecule has 1 aromatic carbocycles. The van der Waals surface area contributed by atoms with Crippen molar-refractivity contribution in [1.29, 1.82) is 0 Å². The van der Waals surface area contributed by atoms with Gasteiger partial charge in [-0.1, -0.05) is 24.3 Å². The molecule has 1 aromatic heterocycles. The molecule has 1 atom stereocenters. The summed E-state index contributed by atoms with van der Waals surface area (Å²) in [5, 5.41) is 2.91. The van der Waals surface area contributed by atoms with Crippen LogP contribution < -0.4 is 5.32 Å². The Morgan fingerprint density at radius 2 is 1.68 bits per heavy atom. The maximum absolute atomic E-state index is 13.2. The van der Waals surface area contributed by atoms with Crippen LogP contribution in [-0.4, -0.2) is 57.6 Å². The Kier molecular flexibility index (Phi) is 7.04. The summed E-state index contributed by atoms with van der Waals surface area (Å²) in [4.78, 5) is 23.3. The number of hydrogen-bond donors (Lipinski definition) is 1. The van der Waals surface area contributed by atoms with Crippen LogP contribution >= 0.6 is 0 Å². The molecule has 1 aliphatic rings. The van der Waals surface area contributed by atoms with Gasteiger partial charge in [-0.3, -0.25) is 4.90 Å². The Hall–Kier alpha value is -2.81. The van der Waals surface area contributed by atoms with Crippen LogP contribution in [0.25, 0.3) is 0 Å². The fourth-order valence-corrected chi connectivity index (χ4v) is 3.32.